The first kappa shape index (κ1) is 17.2. The van der Waals surface area contributed by atoms with Gasteiger partial charge in [-0.3, -0.25) is 9.20 Å². The van der Waals surface area contributed by atoms with E-state index >= 15 is 0 Å². The molecule has 136 valence electrons. The van der Waals surface area contributed by atoms with Crippen LogP contribution in [0.25, 0.3) is 16.2 Å². The minimum Gasteiger partial charge on any atom is -0.496 e. The van der Waals surface area contributed by atoms with Gasteiger partial charge in [-0.05, 0) is 30.3 Å². The maximum Gasteiger partial charge on any atom is 0.230 e. The summed E-state index contributed by atoms with van der Waals surface area (Å²) in [5, 5.41) is 4.85. The van der Waals surface area contributed by atoms with Crippen molar-refractivity contribution in [2.75, 3.05) is 12.4 Å². The van der Waals surface area contributed by atoms with Gasteiger partial charge in [-0.15, -0.1) is 11.3 Å². The van der Waals surface area contributed by atoms with Crippen molar-refractivity contribution in [3.8, 4) is 17.0 Å². The van der Waals surface area contributed by atoms with E-state index in [2.05, 4.69) is 10.3 Å². The first-order valence-corrected chi connectivity index (χ1v) is 9.17. The van der Waals surface area contributed by atoms with Crippen molar-refractivity contribution in [1.82, 2.24) is 9.38 Å². The molecule has 4 aromatic rings. The summed E-state index contributed by atoms with van der Waals surface area (Å²) < 4.78 is 20.4. The van der Waals surface area contributed by atoms with Gasteiger partial charge < -0.3 is 10.1 Å². The molecule has 0 spiro atoms. The highest BCUT2D eigenvalue weighted by Crippen LogP contribution is 2.31. The number of para-hydroxylation sites is 1. The third-order valence-electron chi connectivity index (χ3n) is 4.18. The van der Waals surface area contributed by atoms with Gasteiger partial charge >= 0.3 is 0 Å². The van der Waals surface area contributed by atoms with E-state index in [1.165, 1.54) is 23.5 Å². The summed E-state index contributed by atoms with van der Waals surface area (Å²) in [7, 11) is 1.58. The molecular formula is C20H16FN3O2S. The van der Waals surface area contributed by atoms with Crippen molar-refractivity contribution in [1.29, 1.82) is 0 Å². The number of amides is 1. The van der Waals surface area contributed by atoms with Gasteiger partial charge in [0.2, 0.25) is 5.91 Å². The van der Waals surface area contributed by atoms with Crippen molar-refractivity contribution in [2.24, 2.45) is 0 Å². The van der Waals surface area contributed by atoms with E-state index in [1.54, 1.807) is 19.2 Å². The molecular weight excluding hydrogens is 365 g/mol. The van der Waals surface area contributed by atoms with Gasteiger partial charge in [0.05, 0.1) is 13.5 Å². The Labute approximate surface area is 159 Å². The lowest BCUT2D eigenvalue weighted by Crippen LogP contribution is -2.16. The number of ether oxygens (including phenoxy) is 1. The van der Waals surface area contributed by atoms with Crippen LogP contribution in [0.2, 0.25) is 0 Å². The number of rotatable bonds is 5. The van der Waals surface area contributed by atoms with Gasteiger partial charge in [-0.25, -0.2) is 9.37 Å². The molecule has 0 saturated heterocycles. The van der Waals surface area contributed by atoms with Crippen LogP contribution in [-0.4, -0.2) is 22.4 Å². The molecule has 0 bridgehead atoms. The fourth-order valence-corrected chi connectivity index (χ4v) is 3.63. The van der Waals surface area contributed by atoms with Crippen molar-refractivity contribution in [3.05, 3.63) is 71.5 Å². The molecule has 0 aliphatic carbocycles. The van der Waals surface area contributed by atoms with Crippen LogP contribution in [0.15, 0.2) is 60.1 Å². The summed E-state index contributed by atoms with van der Waals surface area (Å²) in [6.07, 6.45) is 2.02. The Morgan fingerprint density at radius 1 is 1.22 bits per heavy atom. The number of anilines is 1. The molecule has 1 N–H and O–H groups in total. The number of nitrogens with one attached hydrogen (secondary N) is 1. The maximum atomic E-state index is 13.3. The van der Waals surface area contributed by atoms with Crippen LogP contribution < -0.4 is 10.1 Å². The van der Waals surface area contributed by atoms with E-state index in [9.17, 15) is 9.18 Å². The minimum absolute atomic E-state index is 0.171. The Bertz CT molecular complexity index is 1100. The molecule has 27 heavy (non-hydrogen) atoms. The number of hydrogen-bond acceptors (Lipinski definition) is 4. The number of fused-ring (bicyclic) bond motifs is 1. The Hall–Kier alpha value is -3.19. The van der Waals surface area contributed by atoms with Crippen LogP contribution in [-0.2, 0) is 11.2 Å². The number of methoxy groups -OCH3 is 1. The third kappa shape index (κ3) is 3.41. The fourth-order valence-electron chi connectivity index (χ4n) is 2.91. The molecule has 4 rings (SSSR count). The highest BCUT2D eigenvalue weighted by Gasteiger charge is 2.18. The number of thiazole rings is 1. The SMILES string of the molecule is COc1ccccc1CC(=O)Nc1c(-c2ccc(F)cc2)nc2sccn12. The summed E-state index contributed by atoms with van der Waals surface area (Å²) in [6.45, 7) is 0. The standard InChI is InChI=1S/C20H16FN3O2S/c1-26-16-5-3-2-4-14(16)12-17(25)22-19-18(13-6-8-15(21)9-7-13)23-20-24(19)10-11-27-20/h2-11H,12H2,1H3,(H,22,25). The highest BCUT2D eigenvalue weighted by atomic mass is 32.1. The number of aromatic nitrogens is 2. The van der Waals surface area contributed by atoms with Crippen molar-refractivity contribution < 1.29 is 13.9 Å². The summed E-state index contributed by atoms with van der Waals surface area (Å²) in [5.74, 6) is 0.732. The van der Waals surface area contributed by atoms with E-state index in [0.29, 0.717) is 17.3 Å². The number of benzene rings is 2. The number of carbonyl (C=O) groups excluding carboxylic acids is 1. The molecule has 0 atom stereocenters. The van der Waals surface area contributed by atoms with Crippen molar-refractivity contribution >= 4 is 28.0 Å². The molecule has 0 radical (unpaired) electrons. The molecule has 2 aromatic heterocycles. The Kier molecular flexibility index (Phi) is 4.60. The Morgan fingerprint density at radius 2 is 2.00 bits per heavy atom. The maximum absolute atomic E-state index is 13.3. The van der Waals surface area contributed by atoms with Gasteiger partial charge in [0, 0.05) is 22.7 Å². The largest absolute Gasteiger partial charge is 0.496 e. The average Bonchev–Trinajstić information content (AvgIpc) is 3.26. The number of imidazole rings is 1. The second-order valence-corrected chi connectivity index (χ2v) is 6.78. The first-order valence-electron chi connectivity index (χ1n) is 8.29. The van der Waals surface area contributed by atoms with Gasteiger partial charge in [-0.1, -0.05) is 18.2 Å². The number of nitrogens with zero attached hydrogens (tertiary/aromatic N) is 2. The van der Waals surface area contributed by atoms with E-state index in [-0.39, 0.29) is 18.1 Å². The predicted octanol–water partition coefficient (Wildman–Crippen LogP) is 4.39. The van der Waals surface area contributed by atoms with E-state index in [0.717, 1.165) is 16.1 Å². The smallest absolute Gasteiger partial charge is 0.230 e. The molecule has 0 fully saturated rings. The summed E-state index contributed by atoms with van der Waals surface area (Å²) in [6, 6.07) is 13.5. The lowest BCUT2D eigenvalue weighted by Gasteiger charge is -2.10. The minimum atomic E-state index is -0.318. The molecule has 0 aliphatic heterocycles. The molecule has 0 unspecified atom stereocenters. The van der Waals surface area contributed by atoms with Crippen molar-refractivity contribution in [2.45, 2.75) is 6.42 Å². The van der Waals surface area contributed by atoms with Crippen LogP contribution in [0, 0.1) is 5.82 Å². The summed E-state index contributed by atoms with van der Waals surface area (Å²) >= 11 is 1.46. The molecule has 5 nitrogen and oxygen atoms in total. The van der Waals surface area contributed by atoms with Gasteiger partial charge in [0.25, 0.3) is 0 Å². The van der Waals surface area contributed by atoms with Gasteiger partial charge in [0.15, 0.2) is 4.96 Å². The predicted molar refractivity (Wildman–Crippen MR) is 104 cm³/mol. The number of carbonyl (C=O) groups is 1. The van der Waals surface area contributed by atoms with Gasteiger partial charge in [0.1, 0.15) is 23.1 Å². The van der Waals surface area contributed by atoms with Crippen LogP contribution in [0.5, 0.6) is 5.75 Å². The zero-order valence-electron chi connectivity index (χ0n) is 14.5. The summed E-state index contributed by atoms with van der Waals surface area (Å²) in [4.78, 5) is 18.0. The molecule has 0 saturated carbocycles. The zero-order valence-corrected chi connectivity index (χ0v) is 15.3. The molecule has 0 aliphatic rings. The van der Waals surface area contributed by atoms with Crippen molar-refractivity contribution in [3.63, 3.8) is 0 Å². The quantitative estimate of drug-likeness (QED) is 0.558. The third-order valence-corrected chi connectivity index (χ3v) is 4.94. The van der Waals surface area contributed by atoms with Gasteiger partial charge in [-0.2, -0.15) is 0 Å². The zero-order chi connectivity index (χ0) is 18.8. The normalized spacial score (nSPS) is 10.9. The van der Waals surface area contributed by atoms with Crippen LogP contribution in [0.4, 0.5) is 10.2 Å². The van der Waals surface area contributed by atoms with Crippen LogP contribution in [0.1, 0.15) is 5.56 Å². The van der Waals surface area contributed by atoms with Crippen LogP contribution in [0.3, 0.4) is 0 Å². The fraction of sp³-hybridized carbons (Fsp3) is 0.100. The van der Waals surface area contributed by atoms with Crippen LogP contribution >= 0.6 is 11.3 Å². The van der Waals surface area contributed by atoms with E-state index in [1.807, 2.05) is 40.2 Å². The molecule has 7 heteroatoms. The monoisotopic (exact) mass is 381 g/mol. The lowest BCUT2D eigenvalue weighted by atomic mass is 10.1. The number of hydrogen-bond donors (Lipinski definition) is 1. The average molecular weight is 381 g/mol. The molecule has 2 aromatic carbocycles. The van der Waals surface area contributed by atoms with E-state index in [4.69, 9.17) is 4.74 Å². The Morgan fingerprint density at radius 3 is 2.78 bits per heavy atom. The highest BCUT2D eigenvalue weighted by molar-refractivity contribution is 7.15. The molecule has 1 amide bonds. The Balaban J connectivity index is 1.66. The lowest BCUT2D eigenvalue weighted by molar-refractivity contribution is -0.115. The topological polar surface area (TPSA) is 55.6 Å². The molecule has 2 heterocycles. The van der Waals surface area contributed by atoms with E-state index < -0.39 is 0 Å². The summed E-state index contributed by atoms with van der Waals surface area (Å²) in [5.41, 5.74) is 2.14. The number of halogens is 1. The second-order valence-electron chi connectivity index (χ2n) is 5.91. The first-order chi connectivity index (χ1) is 13.2. The second kappa shape index (κ2) is 7.20.